The minimum absolute atomic E-state index is 0.762. The Kier molecular flexibility index (Phi) is 3.28. The van der Waals surface area contributed by atoms with Gasteiger partial charge in [-0.1, -0.05) is 6.42 Å². The zero-order valence-electron chi connectivity index (χ0n) is 10.1. The molecule has 0 atom stereocenters. The van der Waals surface area contributed by atoms with Gasteiger partial charge in [-0.05, 0) is 49.4 Å². The minimum Gasteiger partial charge on any atom is -0.374 e. The van der Waals surface area contributed by atoms with E-state index < -0.39 is 0 Å². The van der Waals surface area contributed by atoms with E-state index in [-0.39, 0.29) is 0 Å². The molecule has 0 amide bonds. The number of benzene rings is 1. The van der Waals surface area contributed by atoms with E-state index in [1.54, 1.807) is 0 Å². The number of carbonyl (C=O) groups excluding carboxylic acids is 1. The number of anilines is 1. The Morgan fingerprint density at radius 2 is 2.19 bits per heavy atom. The van der Waals surface area contributed by atoms with Crippen molar-refractivity contribution in [1.82, 2.24) is 0 Å². The second-order valence-electron chi connectivity index (χ2n) is 4.84. The minimum atomic E-state index is 0.762. The molecule has 0 aliphatic heterocycles. The molecular weight excluding hydrogens is 198 g/mol. The first kappa shape index (κ1) is 11.2. The quantitative estimate of drug-likeness (QED) is 0.722. The Morgan fingerprint density at radius 3 is 2.69 bits per heavy atom. The Hall–Kier alpha value is -1.31. The maximum atomic E-state index is 10.7. The highest BCUT2D eigenvalue weighted by molar-refractivity contribution is 5.76. The van der Waals surface area contributed by atoms with Crippen LogP contribution in [0, 0.1) is 12.8 Å². The van der Waals surface area contributed by atoms with Crippen LogP contribution in [0.25, 0.3) is 0 Å². The van der Waals surface area contributed by atoms with Crippen LogP contribution in [0.2, 0.25) is 0 Å². The Labute approximate surface area is 97.3 Å². The number of rotatable bonds is 4. The summed E-state index contributed by atoms with van der Waals surface area (Å²) < 4.78 is 0. The maximum absolute atomic E-state index is 10.7. The lowest BCUT2D eigenvalue weighted by Gasteiger charge is -2.32. The van der Waals surface area contributed by atoms with Crippen LogP contribution in [0.15, 0.2) is 18.2 Å². The molecule has 0 heterocycles. The molecule has 86 valence electrons. The van der Waals surface area contributed by atoms with Crippen molar-refractivity contribution in [2.45, 2.75) is 26.2 Å². The summed E-state index contributed by atoms with van der Waals surface area (Å²) in [6, 6.07) is 5.91. The molecule has 0 N–H and O–H groups in total. The van der Waals surface area contributed by atoms with Gasteiger partial charge in [0.15, 0.2) is 0 Å². The van der Waals surface area contributed by atoms with Gasteiger partial charge in [0.05, 0.1) is 0 Å². The van der Waals surface area contributed by atoms with Crippen LogP contribution in [0.3, 0.4) is 0 Å². The van der Waals surface area contributed by atoms with Crippen LogP contribution in [-0.4, -0.2) is 19.9 Å². The van der Waals surface area contributed by atoms with Crippen molar-refractivity contribution in [3.05, 3.63) is 29.3 Å². The summed E-state index contributed by atoms with van der Waals surface area (Å²) in [7, 11) is 2.14. The van der Waals surface area contributed by atoms with Gasteiger partial charge in [-0.15, -0.1) is 0 Å². The molecule has 0 unspecified atom stereocenters. The molecule has 1 aromatic carbocycles. The molecule has 16 heavy (non-hydrogen) atoms. The van der Waals surface area contributed by atoms with Crippen LogP contribution in [0.4, 0.5) is 5.69 Å². The first-order valence-corrected chi connectivity index (χ1v) is 5.97. The molecule has 1 saturated carbocycles. The molecule has 0 radical (unpaired) electrons. The summed E-state index contributed by atoms with van der Waals surface area (Å²) in [4.78, 5) is 13.0. The van der Waals surface area contributed by atoms with Crippen LogP contribution in [0.5, 0.6) is 0 Å². The van der Waals surface area contributed by atoms with E-state index in [1.165, 1.54) is 30.5 Å². The molecule has 1 aromatic rings. The highest BCUT2D eigenvalue weighted by atomic mass is 16.1. The van der Waals surface area contributed by atoms with E-state index in [0.717, 1.165) is 24.3 Å². The highest BCUT2D eigenvalue weighted by Gasteiger charge is 2.19. The summed E-state index contributed by atoms with van der Waals surface area (Å²) in [5.74, 6) is 0.871. The van der Waals surface area contributed by atoms with Gasteiger partial charge in [-0.3, -0.25) is 4.79 Å². The zero-order valence-corrected chi connectivity index (χ0v) is 10.1. The predicted molar refractivity (Wildman–Crippen MR) is 67.2 cm³/mol. The van der Waals surface area contributed by atoms with Crippen molar-refractivity contribution in [1.29, 1.82) is 0 Å². The fraction of sp³-hybridized carbons (Fsp3) is 0.500. The number of hydrogen-bond acceptors (Lipinski definition) is 2. The first-order valence-electron chi connectivity index (χ1n) is 5.97. The summed E-state index contributed by atoms with van der Waals surface area (Å²) in [6.07, 6.45) is 5.04. The molecule has 1 fully saturated rings. The van der Waals surface area contributed by atoms with Crippen LogP contribution >= 0.6 is 0 Å². The van der Waals surface area contributed by atoms with Crippen LogP contribution in [0.1, 0.15) is 35.2 Å². The van der Waals surface area contributed by atoms with Crippen molar-refractivity contribution in [3.8, 4) is 0 Å². The largest absolute Gasteiger partial charge is 0.374 e. The molecule has 2 heteroatoms. The standard InChI is InChI=1S/C14H19NO/c1-11-8-13(10-16)6-7-14(11)15(2)9-12-4-3-5-12/h6-8,10,12H,3-5,9H2,1-2H3. The van der Waals surface area contributed by atoms with E-state index in [9.17, 15) is 4.79 Å². The Balaban J connectivity index is 2.09. The second kappa shape index (κ2) is 4.69. The SMILES string of the molecule is Cc1cc(C=O)ccc1N(C)CC1CCC1. The van der Waals surface area contributed by atoms with E-state index >= 15 is 0 Å². The lowest BCUT2D eigenvalue weighted by Crippen LogP contribution is -2.29. The van der Waals surface area contributed by atoms with Gasteiger partial charge in [0.25, 0.3) is 0 Å². The lowest BCUT2D eigenvalue weighted by atomic mass is 9.85. The molecule has 1 aliphatic rings. The third-order valence-corrected chi connectivity index (χ3v) is 3.52. The van der Waals surface area contributed by atoms with E-state index in [4.69, 9.17) is 0 Å². The number of hydrogen-bond donors (Lipinski definition) is 0. The van der Waals surface area contributed by atoms with Gasteiger partial charge in [0.2, 0.25) is 0 Å². The Morgan fingerprint density at radius 1 is 1.44 bits per heavy atom. The molecule has 2 rings (SSSR count). The summed E-state index contributed by atoms with van der Waals surface area (Å²) >= 11 is 0. The normalized spacial score (nSPS) is 15.6. The highest BCUT2D eigenvalue weighted by Crippen LogP contribution is 2.29. The third-order valence-electron chi connectivity index (χ3n) is 3.52. The maximum Gasteiger partial charge on any atom is 0.150 e. The average Bonchev–Trinajstić information content (AvgIpc) is 2.23. The van der Waals surface area contributed by atoms with E-state index in [2.05, 4.69) is 24.9 Å². The van der Waals surface area contributed by atoms with E-state index in [0.29, 0.717) is 0 Å². The van der Waals surface area contributed by atoms with Crippen LogP contribution < -0.4 is 4.90 Å². The molecule has 2 nitrogen and oxygen atoms in total. The van der Waals surface area contributed by atoms with Crippen molar-refractivity contribution in [2.24, 2.45) is 5.92 Å². The number of aldehydes is 1. The van der Waals surface area contributed by atoms with Gasteiger partial charge >= 0.3 is 0 Å². The fourth-order valence-electron chi connectivity index (χ4n) is 2.34. The third kappa shape index (κ3) is 2.26. The smallest absolute Gasteiger partial charge is 0.150 e. The zero-order chi connectivity index (χ0) is 11.5. The molecule has 0 spiro atoms. The van der Waals surface area contributed by atoms with Crippen molar-refractivity contribution < 1.29 is 4.79 Å². The molecule has 0 aromatic heterocycles. The number of nitrogens with zero attached hydrogens (tertiary/aromatic N) is 1. The van der Waals surface area contributed by atoms with Gasteiger partial charge in [-0.2, -0.15) is 0 Å². The molecule has 0 bridgehead atoms. The second-order valence-corrected chi connectivity index (χ2v) is 4.84. The van der Waals surface area contributed by atoms with Gasteiger partial charge in [0.1, 0.15) is 6.29 Å². The lowest BCUT2D eigenvalue weighted by molar-refractivity contribution is 0.112. The van der Waals surface area contributed by atoms with Crippen molar-refractivity contribution >= 4 is 12.0 Å². The van der Waals surface area contributed by atoms with Gasteiger partial charge in [-0.25, -0.2) is 0 Å². The number of carbonyl (C=O) groups is 1. The first-order chi connectivity index (χ1) is 7.70. The monoisotopic (exact) mass is 217 g/mol. The molecule has 0 saturated heterocycles. The summed E-state index contributed by atoms with van der Waals surface area (Å²) in [5, 5.41) is 0. The Bertz CT molecular complexity index is 382. The molecular formula is C14H19NO. The predicted octanol–water partition coefficient (Wildman–Crippen LogP) is 3.04. The summed E-state index contributed by atoms with van der Waals surface area (Å²) in [5.41, 5.74) is 3.20. The van der Waals surface area contributed by atoms with Crippen LogP contribution in [-0.2, 0) is 0 Å². The topological polar surface area (TPSA) is 20.3 Å². The fourth-order valence-corrected chi connectivity index (χ4v) is 2.34. The van der Waals surface area contributed by atoms with Crippen molar-refractivity contribution in [2.75, 3.05) is 18.5 Å². The van der Waals surface area contributed by atoms with E-state index in [1.807, 2.05) is 12.1 Å². The average molecular weight is 217 g/mol. The van der Waals surface area contributed by atoms with Gasteiger partial charge in [0, 0.05) is 24.8 Å². The molecule has 1 aliphatic carbocycles. The van der Waals surface area contributed by atoms with Gasteiger partial charge < -0.3 is 4.90 Å². The summed E-state index contributed by atoms with van der Waals surface area (Å²) in [6.45, 7) is 3.21. The number of aryl methyl sites for hydroxylation is 1. The van der Waals surface area contributed by atoms with Crippen molar-refractivity contribution in [3.63, 3.8) is 0 Å².